The second-order valence-corrected chi connectivity index (χ2v) is 11.4. The number of rotatable bonds is 4. The molecule has 0 unspecified atom stereocenters. The SMILES string of the molecule is CCN1/C(=C\C2=CC(=C\c3c4ccccc4cc[n+]3CC)/CC(C)(C)C2)Sc2cc(C)ccc21. The number of allylic oxidation sites excluding steroid dienone is 4. The van der Waals surface area contributed by atoms with Gasteiger partial charge in [-0.25, -0.2) is 0 Å². The maximum absolute atomic E-state index is 2.46. The van der Waals surface area contributed by atoms with E-state index in [2.05, 4.69) is 117 Å². The van der Waals surface area contributed by atoms with E-state index < -0.39 is 0 Å². The largest absolute Gasteiger partial charge is 0.335 e. The summed E-state index contributed by atoms with van der Waals surface area (Å²) in [5.41, 5.74) is 7.06. The first-order chi connectivity index (χ1) is 16.4. The third kappa shape index (κ3) is 4.46. The van der Waals surface area contributed by atoms with Gasteiger partial charge in [-0.3, -0.25) is 0 Å². The van der Waals surface area contributed by atoms with Gasteiger partial charge in [0.25, 0.3) is 0 Å². The maximum atomic E-state index is 2.46. The lowest BCUT2D eigenvalue weighted by atomic mass is 9.75. The van der Waals surface area contributed by atoms with Crippen molar-refractivity contribution in [3.63, 3.8) is 0 Å². The Balaban J connectivity index is 1.57. The highest BCUT2D eigenvalue weighted by molar-refractivity contribution is 8.03. The summed E-state index contributed by atoms with van der Waals surface area (Å²) in [7, 11) is 0. The molecule has 3 aromatic rings. The van der Waals surface area contributed by atoms with Crippen LogP contribution in [0.4, 0.5) is 5.69 Å². The van der Waals surface area contributed by atoms with Crippen molar-refractivity contribution in [2.45, 2.75) is 58.9 Å². The van der Waals surface area contributed by atoms with E-state index in [-0.39, 0.29) is 5.41 Å². The van der Waals surface area contributed by atoms with Crippen LogP contribution >= 0.6 is 11.8 Å². The Morgan fingerprint density at radius 2 is 1.85 bits per heavy atom. The number of benzene rings is 2. The molecule has 0 bridgehead atoms. The van der Waals surface area contributed by atoms with E-state index >= 15 is 0 Å². The molecule has 2 nitrogen and oxygen atoms in total. The van der Waals surface area contributed by atoms with Gasteiger partial charge in [0.05, 0.1) is 16.1 Å². The summed E-state index contributed by atoms with van der Waals surface area (Å²) in [5.74, 6) is 0. The highest BCUT2D eigenvalue weighted by Crippen LogP contribution is 2.48. The Morgan fingerprint density at radius 3 is 2.65 bits per heavy atom. The minimum absolute atomic E-state index is 0.234. The minimum Gasteiger partial charge on any atom is -0.335 e. The molecule has 0 fully saturated rings. The fourth-order valence-corrected chi connectivity index (χ4v) is 6.69. The number of nitrogens with zero attached hydrogens (tertiary/aromatic N) is 2. The van der Waals surface area contributed by atoms with Crippen LogP contribution in [0.25, 0.3) is 16.8 Å². The molecular formula is C31H35N2S+. The average molecular weight is 468 g/mol. The lowest BCUT2D eigenvalue weighted by molar-refractivity contribution is -0.693. The van der Waals surface area contributed by atoms with Crippen LogP contribution in [-0.4, -0.2) is 6.54 Å². The molecule has 0 saturated carbocycles. The molecule has 2 heterocycles. The summed E-state index contributed by atoms with van der Waals surface area (Å²) in [5, 5.41) is 3.97. The van der Waals surface area contributed by atoms with Gasteiger partial charge in [-0.2, -0.15) is 4.57 Å². The summed E-state index contributed by atoms with van der Waals surface area (Å²) >= 11 is 1.91. The van der Waals surface area contributed by atoms with Gasteiger partial charge in [-0.1, -0.05) is 56.0 Å². The summed E-state index contributed by atoms with van der Waals surface area (Å²) < 4.78 is 2.37. The Hall–Kier alpha value is -2.78. The molecule has 2 aromatic carbocycles. The van der Waals surface area contributed by atoms with Gasteiger partial charge in [0.1, 0.15) is 6.54 Å². The molecule has 1 aromatic heterocycles. The van der Waals surface area contributed by atoms with Crippen LogP contribution < -0.4 is 9.47 Å². The second-order valence-electron chi connectivity index (χ2n) is 10.3. The number of aryl methyl sites for hydroxylation is 2. The molecule has 0 atom stereocenters. The van der Waals surface area contributed by atoms with Gasteiger partial charge in [0, 0.05) is 23.6 Å². The molecule has 0 spiro atoms. The summed E-state index contributed by atoms with van der Waals surface area (Å²) in [4.78, 5) is 3.83. The Morgan fingerprint density at radius 1 is 1.03 bits per heavy atom. The first-order valence-electron chi connectivity index (χ1n) is 12.5. The molecule has 0 radical (unpaired) electrons. The van der Waals surface area contributed by atoms with Crippen molar-refractivity contribution in [3.05, 3.63) is 94.3 Å². The van der Waals surface area contributed by atoms with Gasteiger partial charge >= 0.3 is 0 Å². The number of hydrogen-bond acceptors (Lipinski definition) is 2. The predicted octanol–water partition coefficient (Wildman–Crippen LogP) is 8.06. The minimum atomic E-state index is 0.234. The standard InChI is InChI=1S/C31H35N2S/c1-6-32-15-14-25-10-8-9-11-26(25)28(32)18-23-17-24(21-31(4,5)20-23)19-30-33(7-2)27-13-12-22(3)16-29(27)34-30/h8-19H,6-7,20-21H2,1-5H3/q+1. The van der Waals surface area contributed by atoms with Crippen molar-refractivity contribution in [2.24, 2.45) is 5.41 Å². The average Bonchev–Trinajstić information content (AvgIpc) is 3.14. The topological polar surface area (TPSA) is 7.12 Å². The Bertz CT molecular complexity index is 1340. The van der Waals surface area contributed by atoms with Crippen LogP contribution in [0.2, 0.25) is 0 Å². The summed E-state index contributed by atoms with van der Waals surface area (Å²) in [6, 6.07) is 17.8. The normalized spacial score (nSPS) is 19.7. The van der Waals surface area contributed by atoms with Gasteiger partial charge < -0.3 is 4.90 Å². The molecule has 5 rings (SSSR count). The zero-order valence-corrected chi connectivity index (χ0v) is 21.9. The summed E-state index contributed by atoms with van der Waals surface area (Å²) in [6.07, 6.45) is 11.7. The first kappa shape index (κ1) is 23.0. The zero-order valence-electron chi connectivity index (χ0n) is 21.1. The number of hydrogen-bond donors (Lipinski definition) is 0. The fourth-order valence-electron chi connectivity index (χ4n) is 5.39. The lowest BCUT2D eigenvalue weighted by Gasteiger charge is -2.31. The van der Waals surface area contributed by atoms with E-state index in [0.717, 1.165) is 25.9 Å². The maximum Gasteiger partial charge on any atom is 0.213 e. The molecule has 1 aliphatic heterocycles. The van der Waals surface area contributed by atoms with Crippen molar-refractivity contribution in [2.75, 3.05) is 11.4 Å². The van der Waals surface area contributed by atoms with E-state index in [0.29, 0.717) is 0 Å². The number of pyridine rings is 1. The second kappa shape index (κ2) is 9.11. The molecule has 0 saturated heterocycles. The van der Waals surface area contributed by atoms with Crippen LogP contribution in [0.15, 0.2) is 88.0 Å². The molecule has 2 aliphatic rings. The van der Waals surface area contributed by atoms with Crippen LogP contribution in [0, 0.1) is 12.3 Å². The van der Waals surface area contributed by atoms with Gasteiger partial charge in [0.15, 0.2) is 6.20 Å². The van der Waals surface area contributed by atoms with E-state index in [9.17, 15) is 0 Å². The quantitative estimate of drug-likeness (QED) is 0.358. The monoisotopic (exact) mass is 467 g/mol. The van der Waals surface area contributed by atoms with E-state index in [1.807, 2.05) is 11.8 Å². The number of anilines is 1. The molecule has 174 valence electrons. The fraction of sp³-hybridized carbons (Fsp3) is 0.323. The molecule has 0 amide bonds. The zero-order chi connectivity index (χ0) is 23.9. The van der Waals surface area contributed by atoms with Gasteiger partial charge in [-0.05, 0) is 85.4 Å². The van der Waals surface area contributed by atoms with E-state index in [1.165, 1.54) is 48.8 Å². The number of thioether (sulfide) groups is 1. The van der Waals surface area contributed by atoms with Crippen molar-refractivity contribution < 1.29 is 4.57 Å². The van der Waals surface area contributed by atoms with Gasteiger partial charge in [0.2, 0.25) is 5.69 Å². The van der Waals surface area contributed by atoms with E-state index in [4.69, 9.17) is 0 Å². The Kier molecular flexibility index (Phi) is 6.16. The van der Waals surface area contributed by atoms with Crippen LogP contribution in [0.3, 0.4) is 0 Å². The van der Waals surface area contributed by atoms with Crippen molar-refractivity contribution in [1.29, 1.82) is 0 Å². The highest BCUT2D eigenvalue weighted by atomic mass is 32.2. The third-order valence-corrected chi connectivity index (χ3v) is 7.99. The molecule has 3 heteroatoms. The molecular weight excluding hydrogens is 432 g/mol. The third-order valence-electron chi connectivity index (χ3n) is 6.89. The van der Waals surface area contributed by atoms with Crippen LogP contribution in [0.1, 0.15) is 51.8 Å². The Labute approximate surface area is 208 Å². The summed E-state index contributed by atoms with van der Waals surface area (Å²) in [6.45, 7) is 13.4. The van der Waals surface area contributed by atoms with E-state index in [1.54, 1.807) is 0 Å². The predicted molar refractivity (Wildman–Crippen MR) is 147 cm³/mol. The number of fused-ring (bicyclic) bond motifs is 2. The lowest BCUT2D eigenvalue weighted by Crippen LogP contribution is -2.35. The first-order valence-corrected chi connectivity index (χ1v) is 13.3. The van der Waals surface area contributed by atoms with Crippen LogP contribution in [-0.2, 0) is 6.54 Å². The van der Waals surface area contributed by atoms with Crippen molar-refractivity contribution >= 4 is 34.3 Å². The highest BCUT2D eigenvalue weighted by Gasteiger charge is 2.28. The number of aromatic nitrogens is 1. The molecule has 34 heavy (non-hydrogen) atoms. The van der Waals surface area contributed by atoms with Crippen molar-refractivity contribution in [3.8, 4) is 0 Å². The van der Waals surface area contributed by atoms with Crippen molar-refractivity contribution in [1.82, 2.24) is 0 Å². The van der Waals surface area contributed by atoms with Crippen LogP contribution in [0.5, 0.6) is 0 Å². The molecule has 0 N–H and O–H groups in total. The van der Waals surface area contributed by atoms with Gasteiger partial charge in [-0.15, -0.1) is 0 Å². The molecule has 1 aliphatic carbocycles. The smallest absolute Gasteiger partial charge is 0.213 e.